The maximum Gasteiger partial charge on any atom is 0.277 e. The Morgan fingerprint density at radius 2 is 1.77 bits per heavy atom. The molecule has 10 heteroatoms. The zero-order valence-corrected chi connectivity index (χ0v) is 17.2. The number of non-ortho nitro benzene ring substituents is 2. The van der Waals surface area contributed by atoms with E-state index in [0.717, 1.165) is 42.5 Å². The van der Waals surface area contributed by atoms with Crippen LogP contribution in [-0.2, 0) is 0 Å². The Bertz CT molecular complexity index is 931. The fourth-order valence-corrected chi connectivity index (χ4v) is 3.39. The Labute approximate surface area is 179 Å². The SMILES string of the molecule is CCCCOc1ccc(N[C@@H]2CCN(C(=O)c3cc([N+](=O)[O-])cc([N+](=O)[O-])c3)C2)cc1. The van der Waals surface area contributed by atoms with Gasteiger partial charge in [0.05, 0.1) is 28.1 Å². The third-order valence-corrected chi connectivity index (χ3v) is 5.04. The molecule has 1 saturated heterocycles. The van der Waals surface area contributed by atoms with Gasteiger partial charge >= 0.3 is 0 Å². The van der Waals surface area contributed by atoms with Gasteiger partial charge in [0, 0.05) is 37.0 Å². The highest BCUT2D eigenvalue weighted by atomic mass is 16.6. The molecule has 1 aliphatic rings. The number of carbonyl (C=O) groups excluding carboxylic acids is 1. The zero-order chi connectivity index (χ0) is 22.4. The van der Waals surface area contributed by atoms with Crippen LogP contribution in [0.5, 0.6) is 5.75 Å². The summed E-state index contributed by atoms with van der Waals surface area (Å²) in [5.41, 5.74) is -0.122. The second-order valence-corrected chi connectivity index (χ2v) is 7.36. The van der Waals surface area contributed by atoms with Crippen LogP contribution in [0.15, 0.2) is 42.5 Å². The lowest BCUT2D eigenvalue weighted by atomic mass is 10.1. The van der Waals surface area contributed by atoms with Gasteiger partial charge in [0.2, 0.25) is 0 Å². The quantitative estimate of drug-likeness (QED) is 0.363. The molecule has 0 aromatic heterocycles. The fourth-order valence-electron chi connectivity index (χ4n) is 3.39. The smallest absolute Gasteiger partial charge is 0.277 e. The molecule has 164 valence electrons. The van der Waals surface area contributed by atoms with E-state index in [1.165, 1.54) is 0 Å². The van der Waals surface area contributed by atoms with E-state index in [1.54, 1.807) is 4.90 Å². The molecule has 1 atom stereocenters. The molecular formula is C21H24N4O6. The largest absolute Gasteiger partial charge is 0.494 e. The van der Waals surface area contributed by atoms with Crippen molar-refractivity contribution in [3.8, 4) is 5.75 Å². The van der Waals surface area contributed by atoms with Gasteiger partial charge in [-0.05, 0) is 37.1 Å². The Morgan fingerprint density at radius 3 is 2.35 bits per heavy atom. The lowest BCUT2D eigenvalue weighted by Crippen LogP contribution is -2.31. The Hall–Kier alpha value is -3.69. The number of hydrogen-bond donors (Lipinski definition) is 1. The molecule has 0 bridgehead atoms. The van der Waals surface area contributed by atoms with Crippen LogP contribution in [0.25, 0.3) is 0 Å². The molecule has 10 nitrogen and oxygen atoms in total. The molecule has 0 aliphatic carbocycles. The number of rotatable bonds is 9. The lowest BCUT2D eigenvalue weighted by molar-refractivity contribution is -0.394. The van der Waals surface area contributed by atoms with Crippen LogP contribution in [0.3, 0.4) is 0 Å². The predicted octanol–water partition coefficient (Wildman–Crippen LogP) is 4.01. The van der Waals surface area contributed by atoms with Gasteiger partial charge in [-0.25, -0.2) is 0 Å². The van der Waals surface area contributed by atoms with Crippen LogP contribution in [-0.4, -0.2) is 46.4 Å². The molecule has 1 aliphatic heterocycles. The maximum absolute atomic E-state index is 12.8. The summed E-state index contributed by atoms with van der Waals surface area (Å²) in [7, 11) is 0. The van der Waals surface area contributed by atoms with Crippen molar-refractivity contribution in [2.45, 2.75) is 32.2 Å². The van der Waals surface area contributed by atoms with Gasteiger partial charge < -0.3 is 15.0 Å². The van der Waals surface area contributed by atoms with E-state index in [4.69, 9.17) is 4.74 Å². The van der Waals surface area contributed by atoms with Gasteiger partial charge in [-0.2, -0.15) is 0 Å². The number of likely N-dealkylation sites (tertiary alicyclic amines) is 1. The topological polar surface area (TPSA) is 128 Å². The number of unbranched alkanes of at least 4 members (excludes halogenated alkanes) is 1. The number of nitro benzene ring substituents is 2. The Balaban J connectivity index is 1.62. The first-order chi connectivity index (χ1) is 14.9. The van der Waals surface area contributed by atoms with Crippen LogP contribution < -0.4 is 10.1 Å². The number of anilines is 1. The van der Waals surface area contributed by atoms with Crippen molar-refractivity contribution < 1.29 is 19.4 Å². The third kappa shape index (κ3) is 5.68. The highest BCUT2D eigenvalue weighted by Gasteiger charge is 2.29. The molecule has 0 unspecified atom stereocenters. The monoisotopic (exact) mass is 428 g/mol. The lowest BCUT2D eigenvalue weighted by Gasteiger charge is -2.18. The third-order valence-electron chi connectivity index (χ3n) is 5.04. The summed E-state index contributed by atoms with van der Waals surface area (Å²) in [5, 5.41) is 25.5. The van der Waals surface area contributed by atoms with E-state index >= 15 is 0 Å². The Kier molecular flexibility index (Phi) is 7.01. The van der Waals surface area contributed by atoms with E-state index in [9.17, 15) is 25.0 Å². The molecule has 1 heterocycles. The first-order valence-electron chi connectivity index (χ1n) is 10.1. The van der Waals surface area contributed by atoms with Gasteiger partial charge in [-0.3, -0.25) is 25.0 Å². The van der Waals surface area contributed by atoms with E-state index in [0.29, 0.717) is 26.1 Å². The summed E-state index contributed by atoms with van der Waals surface area (Å²) >= 11 is 0. The molecule has 2 aromatic rings. The summed E-state index contributed by atoms with van der Waals surface area (Å²) in [6, 6.07) is 10.6. The van der Waals surface area contributed by atoms with Crippen LogP contribution in [0.1, 0.15) is 36.5 Å². The number of amides is 1. The summed E-state index contributed by atoms with van der Waals surface area (Å²) in [4.78, 5) is 35.0. The van der Waals surface area contributed by atoms with Crippen LogP contribution in [0.2, 0.25) is 0 Å². The molecule has 1 amide bonds. The van der Waals surface area contributed by atoms with Crippen molar-refractivity contribution in [3.63, 3.8) is 0 Å². The van der Waals surface area contributed by atoms with Crippen molar-refractivity contribution in [2.24, 2.45) is 0 Å². The average Bonchev–Trinajstić information content (AvgIpc) is 3.22. The molecule has 3 rings (SSSR count). The number of nitrogens with zero attached hydrogens (tertiary/aromatic N) is 3. The van der Waals surface area contributed by atoms with Crippen molar-refractivity contribution >= 4 is 23.0 Å². The molecule has 0 saturated carbocycles. The minimum absolute atomic E-state index is 0.00416. The van der Waals surface area contributed by atoms with Crippen LogP contribution in [0, 0.1) is 20.2 Å². The molecule has 2 aromatic carbocycles. The van der Waals surface area contributed by atoms with Gasteiger partial charge in [0.25, 0.3) is 17.3 Å². The predicted molar refractivity (Wildman–Crippen MR) is 115 cm³/mol. The van der Waals surface area contributed by atoms with Crippen molar-refractivity contribution in [2.75, 3.05) is 25.0 Å². The molecule has 31 heavy (non-hydrogen) atoms. The standard InChI is InChI=1S/C21H24N4O6/c1-2-3-10-31-20-6-4-16(5-7-20)22-17-8-9-23(14-17)21(26)15-11-18(24(27)28)13-19(12-15)25(29)30/h4-7,11-13,17,22H,2-3,8-10,14H2,1H3/t17-/m1/s1. The van der Waals surface area contributed by atoms with E-state index < -0.39 is 27.1 Å². The normalized spacial score (nSPS) is 15.5. The van der Waals surface area contributed by atoms with Crippen LogP contribution >= 0.6 is 0 Å². The molecule has 0 spiro atoms. The number of benzene rings is 2. The number of ether oxygens (including phenoxy) is 1. The number of nitro groups is 2. The van der Waals surface area contributed by atoms with E-state index in [2.05, 4.69) is 12.2 Å². The average molecular weight is 428 g/mol. The van der Waals surface area contributed by atoms with E-state index in [-0.39, 0.29) is 11.6 Å². The summed E-state index contributed by atoms with van der Waals surface area (Å²) in [6.07, 6.45) is 2.76. The van der Waals surface area contributed by atoms with Crippen LogP contribution in [0.4, 0.5) is 17.1 Å². The highest BCUT2D eigenvalue weighted by Crippen LogP contribution is 2.25. The first kappa shape index (κ1) is 22.0. The van der Waals surface area contributed by atoms with Crippen molar-refractivity contribution in [3.05, 3.63) is 68.3 Å². The van der Waals surface area contributed by atoms with Crippen molar-refractivity contribution in [1.29, 1.82) is 0 Å². The summed E-state index contributed by atoms with van der Waals surface area (Å²) in [6.45, 7) is 3.63. The minimum atomic E-state index is -0.742. The van der Waals surface area contributed by atoms with Gasteiger partial charge in [-0.15, -0.1) is 0 Å². The fraction of sp³-hybridized carbons (Fsp3) is 0.381. The molecular weight excluding hydrogens is 404 g/mol. The molecule has 1 fully saturated rings. The van der Waals surface area contributed by atoms with Crippen molar-refractivity contribution in [1.82, 2.24) is 4.90 Å². The highest BCUT2D eigenvalue weighted by molar-refractivity contribution is 5.95. The number of nitrogens with one attached hydrogen (secondary N) is 1. The molecule has 1 N–H and O–H groups in total. The Morgan fingerprint density at radius 1 is 1.13 bits per heavy atom. The second kappa shape index (κ2) is 9.88. The zero-order valence-electron chi connectivity index (χ0n) is 17.2. The first-order valence-corrected chi connectivity index (χ1v) is 10.1. The summed E-state index contributed by atoms with van der Waals surface area (Å²) < 4.78 is 5.65. The number of carbonyl (C=O) groups is 1. The van der Waals surface area contributed by atoms with Gasteiger partial charge in [0.1, 0.15) is 5.75 Å². The van der Waals surface area contributed by atoms with E-state index in [1.807, 2.05) is 24.3 Å². The minimum Gasteiger partial charge on any atom is -0.494 e. The van der Waals surface area contributed by atoms with Gasteiger partial charge in [0.15, 0.2) is 0 Å². The molecule has 0 radical (unpaired) electrons. The number of hydrogen-bond acceptors (Lipinski definition) is 7. The second-order valence-electron chi connectivity index (χ2n) is 7.36. The summed E-state index contributed by atoms with van der Waals surface area (Å²) in [5.74, 6) is 0.338. The maximum atomic E-state index is 12.8. The van der Waals surface area contributed by atoms with Gasteiger partial charge in [-0.1, -0.05) is 13.3 Å².